The van der Waals surface area contributed by atoms with Gasteiger partial charge in [0.2, 0.25) is 5.91 Å². The molecule has 3 nitrogen and oxygen atoms in total. The van der Waals surface area contributed by atoms with E-state index < -0.39 is 0 Å². The van der Waals surface area contributed by atoms with Gasteiger partial charge in [-0.3, -0.25) is 4.79 Å². The van der Waals surface area contributed by atoms with Crippen molar-refractivity contribution in [3.63, 3.8) is 0 Å². The van der Waals surface area contributed by atoms with Crippen molar-refractivity contribution in [3.8, 4) is 0 Å². The lowest BCUT2D eigenvalue weighted by Gasteiger charge is -2.03. The maximum Gasteiger partial charge on any atom is 0.242 e. The van der Waals surface area contributed by atoms with Gasteiger partial charge in [0.05, 0.1) is 6.21 Å². The molecule has 0 aliphatic rings. The fraction of sp³-hybridized carbons (Fsp3) is 0.385. The van der Waals surface area contributed by atoms with E-state index in [1.165, 1.54) is 5.56 Å². The molecule has 1 rings (SSSR count). The first kappa shape index (κ1) is 12.4. The Labute approximate surface area is 96.6 Å². The molecule has 0 heterocycles. The number of nitrogens with zero attached hydrogens (tertiary/aromatic N) is 1. The molecule has 0 aliphatic carbocycles. The number of hydrogen-bond acceptors (Lipinski definition) is 2. The lowest BCUT2D eigenvalue weighted by atomic mass is 10.1. The van der Waals surface area contributed by atoms with Crippen LogP contribution in [0.5, 0.6) is 0 Å². The van der Waals surface area contributed by atoms with Crippen molar-refractivity contribution in [1.82, 2.24) is 5.43 Å². The van der Waals surface area contributed by atoms with Gasteiger partial charge in [0.1, 0.15) is 0 Å². The Morgan fingerprint density at radius 1 is 1.38 bits per heavy atom. The van der Waals surface area contributed by atoms with Crippen LogP contribution in [-0.2, 0) is 4.79 Å². The van der Waals surface area contributed by atoms with E-state index in [9.17, 15) is 4.79 Å². The highest BCUT2D eigenvalue weighted by Gasteiger charge is 2.03. The smallest absolute Gasteiger partial charge is 0.242 e. The van der Waals surface area contributed by atoms with Gasteiger partial charge in [-0.15, -0.1) is 0 Å². The number of aryl methyl sites for hydroxylation is 2. The van der Waals surface area contributed by atoms with Gasteiger partial charge in [0, 0.05) is 5.92 Å². The van der Waals surface area contributed by atoms with E-state index in [0.29, 0.717) is 0 Å². The minimum absolute atomic E-state index is 0.0456. The highest BCUT2D eigenvalue weighted by atomic mass is 16.2. The molecular weight excluding hydrogens is 200 g/mol. The van der Waals surface area contributed by atoms with Crippen LogP contribution in [0.2, 0.25) is 0 Å². The molecule has 0 bridgehead atoms. The van der Waals surface area contributed by atoms with Crippen molar-refractivity contribution in [2.75, 3.05) is 0 Å². The second kappa shape index (κ2) is 5.45. The van der Waals surface area contributed by atoms with Gasteiger partial charge >= 0.3 is 0 Å². The largest absolute Gasteiger partial charge is 0.273 e. The van der Waals surface area contributed by atoms with Crippen LogP contribution >= 0.6 is 0 Å². The Kier molecular flexibility index (Phi) is 4.23. The van der Waals surface area contributed by atoms with E-state index in [4.69, 9.17) is 0 Å². The van der Waals surface area contributed by atoms with Crippen LogP contribution in [0.3, 0.4) is 0 Å². The Bertz CT molecular complexity index is 408. The molecule has 3 heteroatoms. The van der Waals surface area contributed by atoms with Crippen LogP contribution in [0.1, 0.15) is 30.5 Å². The third-order valence-corrected chi connectivity index (χ3v) is 2.34. The molecule has 0 spiro atoms. The molecule has 0 saturated carbocycles. The highest BCUT2D eigenvalue weighted by molar-refractivity contribution is 5.84. The first-order valence-electron chi connectivity index (χ1n) is 5.41. The molecule has 1 amide bonds. The number of rotatable bonds is 3. The van der Waals surface area contributed by atoms with Crippen molar-refractivity contribution in [2.24, 2.45) is 11.0 Å². The molecule has 0 atom stereocenters. The number of carbonyl (C=O) groups is 1. The van der Waals surface area contributed by atoms with Gasteiger partial charge in [-0.25, -0.2) is 5.43 Å². The summed E-state index contributed by atoms with van der Waals surface area (Å²) >= 11 is 0. The predicted molar refractivity (Wildman–Crippen MR) is 66.5 cm³/mol. The summed E-state index contributed by atoms with van der Waals surface area (Å²) in [5.41, 5.74) is 5.87. The minimum atomic E-state index is -0.0680. The standard InChI is InChI=1S/C13H18N2O/c1-9(2)13(16)15-14-8-12-7-10(3)5-6-11(12)4/h5-9H,1-4H3,(H,15,16)/b14-8-. The summed E-state index contributed by atoms with van der Waals surface area (Å²) < 4.78 is 0. The topological polar surface area (TPSA) is 41.5 Å². The lowest BCUT2D eigenvalue weighted by Crippen LogP contribution is -2.22. The number of hydrogen-bond donors (Lipinski definition) is 1. The van der Waals surface area contributed by atoms with E-state index >= 15 is 0 Å². The zero-order valence-corrected chi connectivity index (χ0v) is 10.2. The summed E-state index contributed by atoms with van der Waals surface area (Å²) in [6.45, 7) is 7.72. The third kappa shape index (κ3) is 3.50. The van der Waals surface area contributed by atoms with E-state index in [0.717, 1.165) is 11.1 Å². The summed E-state index contributed by atoms with van der Waals surface area (Å²) in [4.78, 5) is 11.3. The second-order valence-electron chi connectivity index (χ2n) is 4.25. The molecule has 0 saturated heterocycles. The maximum absolute atomic E-state index is 11.3. The molecule has 0 radical (unpaired) electrons. The summed E-state index contributed by atoms with van der Waals surface area (Å²) in [6, 6.07) is 6.14. The van der Waals surface area contributed by atoms with Gasteiger partial charge in [-0.1, -0.05) is 37.6 Å². The van der Waals surface area contributed by atoms with E-state index in [1.807, 2.05) is 39.8 Å². The van der Waals surface area contributed by atoms with E-state index in [1.54, 1.807) is 6.21 Å². The number of benzene rings is 1. The fourth-order valence-corrected chi connectivity index (χ4v) is 1.19. The average molecular weight is 218 g/mol. The second-order valence-corrected chi connectivity index (χ2v) is 4.25. The van der Waals surface area contributed by atoms with Crippen molar-refractivity contribution in [2.45, 2.75) is 27.7 Å². The quantitative estimate of drug-likeness (QED) is 0.614. The van der Waals surface area contributed by atoms with Crippen molar-refractivity contribution >= 4 is 12.1 Å². The van der Waals surface area contributed by atoms with Gasteiger partial charge in [0.25, 0.3) is 0 Å². The Morgan fingerprint density at radius 3 is 2.69 bits per heavy atom. The molecule has 1 aromatic rings. The van der Waals surface area contributed by atoms with Gasteiger partial charge in [-0.05, 0) is 25.0 Å². The van der Waals surface area contributed by atoms with Crippen molar-refractivity contribution in [3.05, 3.63) is 34.9 Å². The normalized spacial score (nSPS) is 11.1. The molecule has 1 N–H and O–H groups in total. The predicted octanol–water partition coefficient (Wildman–Crippen LogP) is 2.41. The maximum atomic E-state index is 11.3. The highest BCUT2D eigenvalue weighted by Crippen LogP contribution is 2.07. The van der Waals surface area contributed by atoms with E-state index in [2.05, 4.69) is 16.6 Å². The molecule has 0 fully saturated rings. The average Bonchev–Trinajstić information content (AvgIpc) is 2.22. The summed E-state index contributed by atoms with van der Waals surface area (Å²) in [7, 11) is 0. The van der Waals surface area contributed by atoms with Crippen LogP contribution in [0, 0.1) is 19.8 Å². The third-order valence-electron chi connectivity index (χ3n) is 2.34. The zero-order valence-electron chi connectivity index (χ0n) is 10.2. The number of nitrogens with one attached hydrogen (secondary N) is 1. The van der Waals surface area contributed by atoms with Crippen LogP contribution in [0.15, 0.2) is 23.3 Å². The van der Waals surface area contributed by atoms with Gasteiger partial charge in [0.15, 0.2) is 0 Å². The molecule has 0 aromatic heterocycles. The van der Waals surface area contributed by atoms with Gasteiger partial charge in [-0.2, -0.15) is 5.10 Å². The van der Waals surface area contributed by atoms with Crippen LogP contribution in [0.25, 0.3) is 0 Å². The van der Waals surface area contributed by atoms with Gasteiger partial charge < -0.3 is 0 Å². The summed E-state index contributed by atoms with van der Waals surface area (Å²) in [6.07, 6.45) is 1.68. The molecule has 16 heavy (non-hydrogen) atoms. The fourth-order valence-electron chi connectivity index (χ4n) is 1.19. The molecular formula is C13H18N2O. The molecule has 0 aliphatic heterocycles. The zero-order chi connectivity index (χ0) is 12.1. The number of carbonyl (C=O) groups excluding carboxylic acids is 1. The molecule has 1 aromatic carbocycles. The van der Waals surface area contributed by atoms with Crippen LogP contribution in [0.4, 0.5) is 0 Å². The Balaban J connectivity index is 2.69. The van der Waals surface area contributed by atoms with Crippen LogP contribution in [-0.4, -0.2) is 12.1 Å². The SMILES string of the molecule is Cc1ccc(C)c(/C=N\NC(=O)C(C)C)c1. The minimum Gasteiger partial charge on any atom is -0.273 e. The molecule has 0 unspecified atom stereocenters. The molecule has 86 valence electrons. The summed E-state index contributed by atoms with van der Waals surface area (Å²) in [5, 5.41) is 3.94. The van der Waals surface area contributed by atoms with Crippen LogP contribution < -0.4 is 5.43 Å². The number of hydrazone groups is 1. The number of amides is 1. The Morgan fingerprint density at radius 2 is 2.06 bits per heavy atom. The van der Waals surface area contributed by atoms with Crippen molar-refractivity contribution in [1.29, 1.82) is 0 Å². The lowest BCUT2D eigenvalue weighted by molar-refractivity contribution is -0.123. The van der Waals surface area contributed by atoms with Crippen molar-refractivity contribution < 1.29 is 4.79 Å². The first-order chi connectivity index (χ1) is 7.50. The van der Waals surface area contributed by atoms with E-state index in [-0.39, 0.29) is 11.8 Å². The Hall–Kier alpha value is -1.64. The first-order valence-corrected chi connectivity index (χ1v) is 5.41. The monoisotopic (exact) mass is 218 g/mol. The summed E-state index contributed by atoms with van der Waals surface area (Å²) in [5.74, 6) is -0.114.